The minimum Gasteiger partial charge on any atom is -0.443 e. The van der Waals surface area contributed by atoms with Gasteiger partial charge in [-0.25, -0.2) is 9.69 Å². The summed E-state index contributed by atoms with van der Waals surface area (Å²) in [5.41, 5.74) is 4.93. The summed E-state index contributed by atoms with van der Waals surface area (Å²) in [6, 6.07) is -0.704. The van der Waals surface area contributed by atoms with Gasteiger partial charge in [0.15, 0.2) is 0 Å². The van der Waals surface area contributed by atoms with Crippen LogP contribution in [0.5, 0.6) is 0 Å². The number of amides is 2. The number of rotatable bonds is 4. The van der Waals surface area contributed by atoms with Crippen molar-refractivity contribution in [1.82, 2.24) is 4.90 Å². The number of carbonyl (C=O) groups is 2. The average molecular weight is 258 g/mol. The Labute approximate surface area is 110 Å². The van der Waals surface area contributed by atoms with Crippen LogP contribution in [-0.2, 0) is 9.53 Å². The number of hydrogen-bond donors (Lipinski definition) is 1. The summed E-state index contributed by atoms with van der Waals surface area (Å²) < 4.78 is 5.21. The Morgan fingerprint density at radius 2 is 1.72 bits per heavy atom. The van der Waals surface area contributed by atoms with E-state index in [-0.39, 0.29) is 0 Å². The van der Waals surface area contributed by atoms with Crippen molar-refractivity contribution >= 4 is 12.0 Å². The van der Waals surface area contributed by atoms with Crippen LogP contribution in [0.2, 0.25) is 0 Å². The summed E-state index contributed by atoms with van der Waals surface area (Å²) >= 11 is 0. The molecule has 0 spiro atoms. The van der Waals surface area contributed by atoms with Crippen LogP contribution in [0.25, 0.3) is 0 Å². The van der Waals surface area contributed by atoms with Gasteiger partial charge in [0.05, 0.1) is 6.04 Å². The van der Waals surface area contributed by atoms with Crippen molar-refractivity contribution in [2.45, 2.75) is 59.6 Å². The molecule has 106 valence electrons. The molecule has 0 fully saturated rings. The largest absolute Gasteiger partial charge is 0.443 e. The second-order valence-electron chi connectivity index (χ2n) is 5.94. The van der Waals surface area contributed by atoms with Crippen molar-refractivity contribution in [3.63, 3.8) is 0 Å². The van der Waals surface area contributed by atoms with Gasteiger partial charge in [-0.05, 0) is 40.0 Å². The second kappa shape index (κ2) is 6.73. The highest BCUT2D eigenvalue weighted by atomic mass is 16.6. The maximum atomic E-state index is 11.9. The molecule has 0 radical (unpaired) electrons. The predicted octanol–water partition coefficient (Wildman–Crippen LogP) is 2.14. The fourth-order valence-electron chi connectivity index (χ4n) is 1.24. The summed E-state index contributed by atoms with van der Waals surface area (Å²) in [6.45, 7) is 11.3. The Morgan fingerprint density at radius 1 is 1.22 bits per heavy atom. The fourth-order valence-corrected chi connectivity index (χ4v) is 1.24. The van der Waals surface area contributed by atoms with Gasteiger partial charge in [0.25, 0.3) is 0 Å². The van der Waals surface area contributed by atoms with Crippen LogP contribution in [0.3, 0.4) is 0 Å². The lowest BCUT2D eigenvalue weighted by atomic mass is 10.1. The molecule has 0 bridgehead atoms. The average Bonchev–Trinajstić information content (AvgIpc) is 2.13. The second-order valence-corrected chi connectivity index (χ2v) is 5.94. The SMILES string of the molecule is CC(C)CCN(C(=O)OC(C)(C)C)C(=O)C(C)N. The topological polar surface area (TPSA) is 72.6 Å². The van der Waals surface area contributed by atoms with Gasteiger partial charge in [0, 0.05) is 6.54 Å². The van der Waals surface area contributed by atoms with Crippen LogP contribution in [0.4, 0.5) is 4.79 Å². The molecule has 5 heteroatoms. The van der Waals surface area contributed by atoms with E-state index in [0.717, 1.165) is 11.3 Å². The molecule has 0 aliphatic heterocycles. The molecule has 0 aliphatic carbocycles. The quantitative estimate of drug-likeness (QED) is 0.838. The maximum absolute atomic E-state index is 11.9. The van der Waals surface area contributed by atoms with E-state index in [1.807, 2.05) is 13.8 Å². The number of hydrogen-bond acceptors (Lipinski definition) is 4. The molecule has 2 N–H and O–H groups in total. The van der Waals surface area contributed by atoms with Crippen molar-refractivity contribution in [3.05, 3.63) is 0 Å². The Balaban J connectivity index is 4.75. The van der Waals surface area contributed by atoms with Crippen molar-refractivity contribution in [1.29, 1.82) is 0 Å². The van der Waals surface area contributed by atoms with Crippen LogP contribution in [0.1, 0.15) is 48.0 Å². The summed E-state index contributed by atoms with van der Waals surface area (Å²) in [4.78, 5) is 24.9. The lowest BCUT2D eigenvalue weighted by Gasteiger charge is -2.27. The first-order chi connectivity index (χ1) is 8.04. The Kier molecular flexibility index (Phi) is 6.32. The highest BCUT2D eigenvalue weighted by Crippen LogP contribution is 2.12. The molecule has 1 unspecified atom stereocenters. The van der Waals surface area contributed by atoms with E-state index in [1.165, 1.54) is 0 Å². The van der Waals surface area contributed by atoms with Crippen LogP contribution in [-0.4, -0.2) is 35.1 Å². The molecular weight excluding hydrogens is 232 g/mol. The molecular formula is C13H26N2O3. The van der Waals surface area contributed by atoms with E-state index in [0.29, 0.717) is 12.5 Å². The minimum absolute atomic E-state index is 0.340. The van der Waals surface area contributed by atoms with Crippen molar-refractivity contribution in [3.8, 4) is 0 Å². The number of nitrogens with two attached hydrogens (primary N) is 1. The van der Waals surface area contributed by atoms with Crippen molar-refractivity contribution in [2.75, 3.05) is 6.54 Å². The molecule has 18 heavy (non-hydrogen) atoms. The highest BCUT2D eigenvalue weighted by Gasteiger charge is 2.28. The first kappa shape index (κ1) is 16.9. The summed E-state index contributed by atoms with van der Waals surface area (Å²) in [5, 5.41) is 0. The summed E-state index contributed by atoms with van der Waals surface area (Å²) in [7, 11) is 0. The maximum Gasteiger partial charge on any atom is 0.417 e. The minimum atomic E-state index is -0.704. The van der Waals surface area contributed by atoms with Gasteiger partial charge in [-0.2, -0.15) is 0 Å². The molecule has 0 saturated heterocycles. The fraction of sp³-hybridized carbons (Fsp3) is 0.846. The van der Waals surface area contributed by atoms with Gasteiger partial charge >= 0.3 is 6.09 Å². The molecule has 0 aliphatic rings. The van der Waals surface area contributed by atoms with E-state index >= 15 is 0 Å². The molecule has 2 amide bonds. The predicted molar refractivity (Wildman–Crippen MR) is 71.1 cm³/mol. The zero-order valence-electron chi connectivity index (χ0n) is 12.3. The molecule has 0 aromatic rings. The van der Waals surface area contributed by atoms with Gasteiger partial charge in [0.2, 0.25) is 5.91 Å². The zero-order valence-corrected chi connectivity index (χ0v) is 12.3. The van der Waals surface area contributed by atoms with E-state index in [4.69, 9.17) is 10.5 Å². The first-order valence-electron chi connectivity index (χ1n) is 6.34. The Morgan fingerprint density at radius 3 is 2.06 bits per heavy atom. The van der Waals surface area contributed by atoms with Gasteiger partial charge in [0.1, 0.15) is 5.60 Å². The van der Waals surface area contributed by atoms with Gasteiger partial charge in [-0.3, -0.25) is 4.79 Å². The van der Waals surface area contributed by atoms with Crippen LogP contribution in [0, 0.1) is 5.92 Å². The highest BCUT2D eigenvalue weighted by molar-refractivity contribution is 5.94. The van der Waals surface area contributed by atoms with Crippen LogP contribution >= 0.6 is 0 Å². The smallest absolute Gasteiger partial charge is 0.417 e. The molecule has 0 heterocycles. The van der Waals surface area contributed by atoms with Crippen LogP contribution in [0.15, 0.2) is 0 Å². The molecule has 0 aromatic carbocycles. The normalized spacial score (nSPS) is 13.3. The van der Waals surface area contributed by atoms with Gasteiger partial charge < -0.3 is 10.5 Å². The van der Waals surface area contributed by atoms with E-state index in [9.17, 15) is 9.59 Å². The lowest BCUT2D eigenvalue weighted by Crippen LogP contribution is -2.48. The molecule has 0 rings (SSSR count). The van der Waals surface area contributed by atoms with Crippen molar-refractivity contribution in [2.24, 2.45) is 11.7 Å². The lowest BCUT2D eigenvalue weighted by molar-refractivity contribution is -0.131. The molecule has 5 nitrogen and oxygen atoms in total. The third kappa shape index (κ3) is 6.59. The third-order valence-corrected chi connectivity index (χ3v) is 2.20. The molecule has 1 atom stereocenters. The van der Waals surface area contributed by atoms with E-state index in [2.05, 4.69) is 0 Å². The molecule has 0 aromatic heterocycles. The molecule has 0 saturated carbocycles. The standard InChI is InChI=1S/C13H26N2O3/c1-9(2)7-8-15(11(16)10(3)14)12(17)18-13(4,5)6/h9-10H,7-8,14H2,1-6H3. The number of ether oxygens (including phenoxy) is 1. The third-order valence-electron chi connectivity index (χ3n) is 2.20. The zero-order chi connectivity index (χ0) is 14.5. The van der Waals surface area contributed by atoms with Gasteiger partial charge in [-0.1, -0.05) is 13.8 Å². The first-order valence-corrected chi connectivity index (χ1v) is 6.34. The Hall–Kier alpha value is -1.10. The summed E-state index contributed by atoms with van der Waals surface area (Å²) in [6.07, 6.45) is 0.114. The van der Waals surface area contributed by atoms with E-state index in [1.54, 1.807) is 27.7 Å². The van der Waals surface area contributed by atoms with Crippen molar-refractivity contribution < 1.29 is 14.3 Å². The monoisotopic (exact) mass is 258 g/mol. The number of imide groups is 1. The van der Waals surface area contributed by atoms with Crippen LogP contribution < -0.4 is 5.73 Å². The Bertz CT molecular complexity index is 293. The summed E-state index contributed by atoms with van der Waals surface area (Å²) in [5.74, 6) is 0.000664. The number of nitrogens with zero attached hydrogens (tertiary/aromatic N) is 1. The van der Waals surface area contributed by atoms with E-state index < -0.39 is 23.6 Å². The van der Waals surface area contributed by atoms with Gasteiger partial charge in [-0.15, -0.1) is 0 Å². The number of carbonyl (C=O) groups excluding carboxylic acids is 2.